The molecule has 0 spiro atoms. The fourth-order valence-electron chi connectivity index (χ4n) is 3.04. The fraction of sp³-hybridized carbons (Fsp3) is 0.471. The average molecular weight is 360 g/mol. The molecule has 0 aliphatic carbocycles. The molecule has 1 aliphatic rings. The maximum atomic E-state index is 4.65. The predicted octanol–water partition coefficient (Wildman–Crippen LogP) is 4.43. The fourth-order valence-corrected chi connectivity index (χ4v) is 4.62. The number of hydrogen-bond acceptors (Lipinski definition) is 7. The Labute approximate surface area is 149 Å². The number of benzene rings is 1. The van der Waals surface area contributed by atoms with Crippen LogP contribution < -0.4 is 5.32 Å². The lowest BCUT2D eigenvalue weighted by Crippen LogP contribution is -2.32. The number of likely N-dealkylation sites (tertiary alicyclic amines) is 1. The number of anilines is 2. The third-order valence-electron chi connectivity index (χ3n) is 4.48. The van der Waals surface area contributed by atoms with E-state index in [9.17, 15) is 0 Å². The minimum absolute atomic E-state index is 0.800. The second kappa shape index (κ2) is 6.74. The minimum Gasteiger partial charge on any atom is -0.306 e. The second-order valence-corrected chi connectivity index (χ2v) is 8.74. The zero-order valence-corrected chi connectivity index (χ0v) is 15.6. The number of piperidine rings is 1. The van der Waals surface area contributed by atoms with Crippen LogP contribution in [0.1, 0.15) is 30.3 Å². The van der Waals surface area contributed by atoms with Crippen molar-refractivity contribution in [3.8, 4) is 0 Å². The van der Waals surface area contributed by atoms with Gasteiger partial charge in [-0.25, -0.2) is 4.98 Å². The number of fused-ring (bicyclic) bond motifs is 1. The monoisotopic (exact) mass is 359 g/mol. The Kier molecular flexibility index (Phi) is 4.47. The first-order chi connectivity index (χ1) is 11.7. The molecule has 0 amide bonds. The van der Waals surface area contributed by atoms with Crippen LogP contribution in [0.5, 0.6) is 0 Å². The molecule has 126 valence electrons. The van der Waals surface area contributed by atoms with E-state index in [-0.39, 0.29) is 0 Å². The zero-order valence-electron chi connectivity index (χ0n) is 14.0. The molecule has 4 rings (SSSR count). The van der Waals surface area contributed by atoms with Crippen molar-refractivity contribution in [3.05, 3.63) is 28.8 Å². The smallest absolute Gasteiger partial charge is 0.211 e. The predicted molar refractivity (Wildman–Crippen MR) is 101 cm³/mol. The van der Waals surface area contributed by atoms with E-state index in [1.165, 1.54) is 36.2 Å². The van der Waals surface area contributed by atoms with Crippen molar-refractivity contribution in [1.29, 1.82) is 0 Å². The molecule has 3 aromatic rings. The number of nitrogens with one attached hydrogen (secondary N) is 1. The van der Waals surface area contributed by atoms with Gasteiger partial charge < -0.3 is 5.32 Å². The summed E-state index contributed by atoms with van der Waals surface area (Å²) in [7, 11) is 0. The summed E-state index contributed by atoms with van der Waals surface area (Å²) in [6.07, 6.45) is 2.64. The maximum Gasteiger partial charge on any atom is 0.211 e. The summed E-state index contributed by atoms with van der Waals surface area (Å²) in [5, 5.41) is 14.0. The molecule has 1 aromatic carbocycles. The van der Waals surface area contributed by atoms with Crippen LogP contribution >= 0.6 is 22.7 Å². The molecule has 0 bridgehead atoms. The van der Waals surface area contributed by atoms with Crippen LogP contribution in [0.15, 0.2) is 18.2 Å². The van der Waals surface area contributed by atoms with E-state index in [1.54, 1.807) is 22.7 Å². The van der Waals surface area contributed by atoms with Gasteiger partial charge in [0.15, 0.2) is 5.13 Å². The standard InChI is InChI=1S/C17H21N5S2/c1-11-5-7-22(8-6-11)10-13-3-4-14-15(9-13)24-16(18-14)19-17-21-20-12(2)23-17/h3-4,9,11H,5-8,10H2,1-2H3,(H,18,19,21). The highest BCUT2D eigenvalue weighted by Crippen LogP contribution is 2.30. The lowest BCUT2D eigenvalue weighted by molar-refractivity contribution is 0.185. The number of rotatable bonds is 4. The van der Waals surface area contributed by atoms with E-state index in [1.807, 2.05) is 6.92 Å². The van der Waals surface area contributed by atoms with Crippen molar-refractivity contribution in [2.75, 3.05) is 18.4 Å². The van der Waals surface area contributed by atoms with Crippen molar-refractivity contribution < 1.29 is 0 Å². The van der Waals surface area contributed by atoms with E-state index in [0.717, 1.165) is 33.3 Å². The van der Waals surface area contributed by atoms with Crippen molar-refractivity contribution in [2.24, 2.45) is 5.92 Å². The highest BCUT2D eigenvalue weighted by molar-refractivity contribution is 7.22. The van der Waals surface area contributed by atoms with E-state index in [0.29, 0.717) is 0 Å². The molecule has 1 saturated heterocycles. The highest BCUT2D eigenvalue weighted by atomic mass is 32.1. The van der Waals surface area contributed by atoms with Crippen molar-refractivity contribution in [2.45, 2.75) is 33.2 Å². The zero-order chi connectivity index (χ0) is 16.5. The van der Waals surface area contributed by atoms with Gasteiger partial charge in [-0.1, -0.05) is 35.7 Å². The van der Waals surface area contributed by atoms with Gasteiger partial charge in [0.05, 0.1) is 10.2 Å². The summed E-state index contributed by atoms with van der Waals surface area (Å²) >= 11 is 3.22. The number of aryl methyl sites for hydroxylation is 1. The first kappa shape index (κ1) is 15.9. The van der Waals surface area contributed by atoms with Gasteiger partial charge in [0, 0.05) is 6.54 Å². The Bertz CT molecular complexity index is 832. The van der Waals surface area contributed by atoms with Gasteiger partial charge in [0.1, 0.15) is 5.01 Å². The minimum atomic E-state index is 0.800. The first-order valence-electron chi connectivity index (χ1n) is 8.35. The van der Waals surface area contributed by atoms with Gasteiger partial charge in [-0.3, -0.25) is 4.90 Å². The molecule has 24 heavy (non-hydrogen) atoms. The van der Waals surface area contributed by atoms with E-state index in [4.69, 9.17) is 0 Å². The first-order valence-corrected chi connectivity index (χ1v) is 9.98. The van der Waals surface area contributed by atoms with Crippen LogP contribution in [0.25, 0.3) is 10.2 Å². The molecular weight excluding hydrogens is 338 g/mol. The van der Waals surface area contributed by atoms with Crippen molar-refractivity contribution >= 4 is 43.2 Å². The summed E-state index contributed by atoms with van der Waals surface area (Å²) in [6.45, 7) is 7.78. The van der Waals surface area contributed by atoms with Crippen LogP contribution in [0, 0.1) is 12.8 Å². The molecule has 3 heterocycles. The van der Waals surface area contributed by atoms with E-state index >= 15 is 0 Å². The van der Waals surface area contributed by atoms with Crippen LogP contribution in [0.4, 0.5) is 10.3 Å². The second-order valence-electron chi connectivity index (χ2n) is 6.53. The number of thiazole rings is 1. The van der Waals surface area contributed by atoms with E-state index < -0.39 is 0 Å². The summed E-state index contributed by atoms with van der Waals surface area (Å²) in [5.74, 6) is 0.878. The highest BCUT2D eigenvalue weighted by Gasteiger charge is 2.16. The van der Waals surface area contributed by atoms with Crippen LogP contribution in [0.2, 0.25) is 0 Å². The van der Waals surface area contributed by atoms with Crippen molar-refractivity contribution in [3.63, 3.8) is 0 Å². The lowest BCUT2D eigenvalue weighted by Gasteiger charge is -2.30. The summed E-state index contributed by atoms with van der Waals surface area (Å²) < 4.78 is 1.22. The molecule has 2 aromatic heterocycles. The van der Waals surface area contributed by atoms with Crippen molar-refractivity contribution in [1.82, 2.24) is 20.1 Å². The van der Waals surface area contributed by atoms with Crippen LogP contribution in [-0.4, -0.2) is 33.2 Å². The summed E-state index contributed by atoms with van der Waals surface area (Å²) in [5.41, 5.74) is 2.42. The molecule has 0 saturated carbocycles. The third kappa shape index (κ3) is 3.58. The Morgan fingerprint density at radius 1 is 1.17 bits per heavy atom. The SMILES string of the molecule is Cc1nnc(Nc2nc3ccc(CN4CCC(C)CC4)cc3s2)s1. The molecule has 1 fully saturated rings. The van der Waals surface area contributed by atoms with Gasteiger partial charge >= 0.3 is 0 Å². The van der Waals surface area contributed by atoms with Gasteiger partial charge in [0.2, 0.25) is 5.13 Å². The molecule has 0 radical (unpaired) electrons. The maximum absolute atomic E-state index is 4.65. The molecule has 0 atom stereocenters. The number of aromatic nitrogens is 3. The summed E-state index contributed by atoms with van der Waals surface area (Å²) in [6, 6.07) is 6.62. The van der Waals surface area contributed by atoms with E-state index in [2.05, 4.69) is 50.5 Å². The largest absolute Gasteiger partial charge is 0.306 e. The Morgan fingerprint density at radius 2 is 2.00 bits per heavy atom. The van der Waals surface area contributed by atoms with Crippen LogP contribution in [-0.2, 0) is 6.54 Å². The number of hydrogen-bond donors (Lipinski definition) is 1. The summed E-state index contributed by atoms with van der Waals surface area (Å²) in [4.78, 5) is 7.21. The van der Waals surface area contributed by atoms with Gasteiger partial charge in [-0.05, 0) is 56.5 Å². The Morgan fingerprint density at radius 3 is 2.75 bits per heavy atom. The Hall–Kier alpha value is -1.57. The molecule has 0 unspecified atom stereocenters. The molecule has 1 N–H and O–H groups in total. The third-order valence-corrected chi connectivity index (χ3v) is 6.16. The lowest BCUT2D eigenvalue weighted by atomic mass is 9.99. The normalized spacial score (nSPS) is 16.8. The van der Waals surface area contributed by atoms with Gasteiger partial charge in [-0.2, -0.15) is 0 Å². The number of nitrogens with zero attached hydrogens (tertiary/aromatic N) is 4. The van der Waals surface area contributed by atoms with Crippen LogP contribution in [0.3, 0.4) is 0 Å². The molecular formula is C17H21N5S2. The Balaban J connectivity index is 1.48. The molecule has 7 heteroatoms. The molecule has 5 nitrogen and oxygen atoms in total. The topological polar surface area (TPSA) is 53.9 Å². The van der Waals surface area contributed by atoms with Gasteiger partial charge in [0.25, 0.3) is 0 Å². The quantitative estimate of drug-likeness (QED) is 0.747. The van der Waals surface area contributed by atoms with Gasteiger partial charge in [-0.15, -0.1) is 10.2 Å². The average Bonchev–Trinajstić information content (AvgIpc) is 3.15. The molecule has 1 aliphatic heterocycles.